The molecule has 2 aromatic rings. The number of amides is 1. The summed E-state index contributed by atoms with van der Waals surface area (Å²) in [5, 5.41) is 7.29. The van der Waals surface area contributed by atoms with Crippen molar-refractivity contribution in [1.29, 1.82) is 0 Å². The Hall–Kier alpha value is -2.21. The highest BCUT2D eigenvalue weighted by Crippen LogP contribution is 2.18. The van der Waals surface area contributed by atoms with E-state index in [1.54, 1.807) is 6.07 Å². The third-order valence-electron chi connectivity index (χ3n) is 3.03. The van der Waals surface area contributed by atoms with Crippen molar-refractivity contribution in [1.82, 2.24) is 15.1 Å². The monoisotopic (exact) mass is 290 g/mol. The van der Waals surface area contributed by atoms with Crippen molar-refractivity contribution in [3.8, 4) is 5.69 Å². The molecule has 2 rings (SSSR count). The highest BCUT2D eigenvalue weighted by atomic mass is 19.1. The Labute approximate surface area is 123 Å². The second kappa shape index (κ2) is 6.49. The van der Waals surface area contributed by atoms with E-state index in [0.717, 1.165) is 12.1 Å². The van der Waals surface area contributed by atoms with Crippen molar-refractivity contribution in [2.24, 2.45) is 11.7 Å². The lowest BCUT2D eigenvalue weighted by atomic mass is 10.1. The number of nitrogens with zero attached hydrogens (tertiary/aromatic N) is 2. The third-order valence-corrected chi connectivity index (χ3v) is 3.03. The Kier molecular flexibility index (Phi) is 4.70. The number of primary amides is 1. The summed E-state index contributed by atoms with van der Waals surface area (Å²) < 4.78 is 15.5. The molecule has 0 saturated carbocycles. The van der Waals surface area contributed by atoms with E-state index in [9.17, 15) is 9.18 Å². The number of rotatable bonds is 6. The molecule has 1 aromatic carbocycles. The Bertz CT molecular complexity index is 636. The van der Waals surface area contributed by atoms with Crippen LogP contribution in [0, 0.1) is 11.7 Å². The van der Waals surface area contributed by atoms with Crippen LogP contribution in [0.1, 0.15) is 29.8 Å². The summed E-state index contributed by atoms with van der Waals surface area (Å²) in [7, 11) is 0. The molecule has 1 aromatic heterocycles. The number of hydrogen-bond donors (Lipinski definition) is 2. The van der Waals surface area contributed by atoms with Crippen molar-refractivity contribution in [3.63, 3.8) is 0 Å². The number of aromatic nitrogens is 2. The van der Waals surface area contributed by atoms with E-state index in [1.807, 2.05) is 6.07 Å². The number of halogens is 1. The van der Waals surface area contributed by atoms with E-state index in [2.05, 4.69) is 24.3 Å². The fraction of sp³-hybridized carbons (Fsp3) is 0.333. The molecule has 1 heterocycles. The van der Waals surface area contributed by atoms with Crippen LogP contribution in [0.4, 0.5) is 4.39 Å². The zero-order valence-electron chi connectivity index (χ0n) is 12.1. The predicted molar refractivity (Wildman–Crippen MR) is 78.6 cm³/mol. The summed E-state index contributed by atoms with van der Waals surface area (Å²) in [4.78, 5) is 11.1. The first-order chi connectivity index (χ1) is 9.99. The van der Waals surface area contributed by atoms with Crippen molar-refractivity contribution in [2.45, 2.75) is 20.4 Å². The number of para-hydroxylation sites is 1. The summed E-state index contributed by atoms with van der Waals surface area (Å²) in [5.74, 6) is -0.469. The molecule has 1 amide bonds. The van der Waals surface area contributed by atoms with Crippen molar-refractivity contribution in [2.75, 3.05) is 6.54 Å². The lowest BCUT2D eigenvalue weighted by molar-refractivity contribution is 0.100. The molecular formula is C15H19FN4O. The summed E-state index contributed by atoms with van der Waals surface area (Å²) >= 11 is 0. The van der Waals surface area contributed by atoms with Gasteiger partial charge in [0.05, 0.1) is 11.8 Å². The second-order valence-corrected chi connectivity index (χ2v) is 5.31. The van der Waals surface area contributed by atoms with Gasteiger partial charge in [0.25, 0.3) is 5.91 Å². The van der Waals surface area contributed by atoms with E-state index in [-0.39, 0.29) is 5.56 Å². The SMILES string of the molecule is CC(C)CNCc1cccc(F)c1-n1cc(C(N)=O)cn1. The van der Waals surface area contributed by atoms with Crippen molar-refractivity contribution >= 4 is 5.91 Å². The van der Waals surface area contributed by atoms with Gasteiger partial charge in [0.1, 0.15) is 11.5 Å². The Morgan fingerprint density at radius 1 is 1.48 bits per heavy atom. The molecule has 5 nitrogen and oxygen atoms in total. The lowest BCUT2D eigenvalue weighted by Crippen LogP contribution is -2.20. The number of benzene rings is 1. The van der Waals surface area contributed by atoms with Gasteiger partial charge in [-0.2, -0.15) is 5.10 Å². The standard InChI is InChI=1S/C15H19FN4O/c1-10(2)6-18-7-11-4-3-5-13(16)14(11)20-9-12(8-19-20)15(17)21/h3-5,8-10,18H,6-7H2,1-2H3,(H2,17,21). The molecule has 0 saturated heterocycles. The van der Waals surface area contributed by atoms with E-state index < -0.39 is 11.7 Å². The van der Waals surface area contributed by atoms with Gasteiger partial charge in [-0.05, 0) is 24.1 Å². The molecule has 0 atom stereocenters. The maximum atomic E-state index is 14.1. The molecule has 0 fully saturated rings. The van der Waals surface area contributed by atoms with Gasteiger partial charge in [-0.1, -0.05) is 26.0 Å². The van der Waals surface area contributed by atoms with Crippen LogP contribution in [0.25, 0.3) is 5.69 Å². The van der Waals surface area contributed by atoms with Crippen LogP contribution in [-0.2, 0) is 6.54 Å². The maximum absolute atomic E-state index is 14.1. The Morgan fingerprint density at radius 3 is 2.86 bits per heavy atom. The van der Waals surface area contributed by atoms with Crippen LogP contribution in [0.2, 0.25) is 0 Å². The number of nitrogens with one attached hydrogen (secondary N) is 1. The summed E-state index contributed by atoms with van der Waals surface area (Å²) in [6.45, 7) is 5.57. The van der Waals surface area contributed by atoms with Crippen molar-refractivity contribution < 1.29 is 9.18 Å². The van der Waals surface area contributed by atoms with Gasteiger partial charge >= 0.3 is 0 Å². The molecule has 112 valence electrons. The number of hydrogen-bond acceptors (Lipinski definition) is 3. The highest BCUT2D eigenvalue weighted by molar-refractivity contribution is 5.92. The number of nitrogens with two attached hydrogens (primary N) is 1. The molecule has 0 spiro atoms. The molecular weight excluding hydrogens is 271 g/mol. The van der Waals surface area contributed by atoms with Gasteiger partial charge in [-0.15, -0.1) is 0 Å². The molecule has 0 aliphatic carbocycles. The number of carbonyl (C=O) groups excluding carboxylic acids is 1. The largest absolute Gasteiger partial charge is 0.366 e. The molecule has 3 N–H and O–H groups in total. The predicted octanol–water partition coefficient (Wildman–Crippen LogP) is 1.86. The van der Waals surface area contributed by atoms with Crippen LogP contribution in [-0.4, -0.2) is 22.2 Å². The van der Waals surface area contributed by atoms with Gasteiger partial charge < -0.3 is 11.1 Å². The molecule has 0 aliphatic heterocycles. The molecule has 0 bridgehead atoms. The smallest absolute Gasteiger partial charge is 0.251 e. The Morgan fingerprint density at radius 2 is 2.24 bits per heavy atom. The fourth-order valence-corrected chi connectivity index (χ4v) is 2.03. The van der Waals surface area contributed by atoms with E-state index in [1.165, 1.54) is 23.1 Å². The zero-order valence-corrected chi connectivity index (χ0v) is 12.1. The van der Waals surface area contributed by atoms with Gasteiger partial charge in [-0.25, -0.2) is 9.07 Å². The first kappa shape index (κ1) is 15.2. The molecule has 0 unspecified atom stereocenters. The first-order valence-electron chi connectivity index (χ1n) is 6.82. The maximum Gasteiger partial charge on any atom is 0.251 e. The van der Waals surface area contributed by atoms with Crippen LogP contribution < -0.4 is 11.1 Å². The molecule has 21 heavy (non-hydrogen) atoms. The third kappa shape index (κ3) is 3.66. The first-order valence-corrected chi connectivity index (χ1v) is 6.82. The van der Waals surface area contributed by atoms with Crippen molar-refractivity contribution in [3.05, 3.63) is 47.5 Å². The minimum atomic E-state index is -0.586. The summed E-state index contributed by atoms with van der Waals surface area (Å²) in [6.07, 6.45) is 2.77. The van der Waals surface area contributed by atoms with Crippen LogP contribution >= 0.6 is 0 Å². The lowest BCUT2D eigenvalue weighted by Gasteiger charge is -2.12. The highest BCUT2D eigenvalue weighted by Gasteiger charge is 2.13. The fourth-order valence-electron chi connectivity index (χ4n) is 2.03. The topological polar surface area (TPSA) is 72.9 Å². The molecule has 0 aliphatic rings. The average Bonchev–Trinajstić information content (AvgIpc) is 2.88. The number of carbonyl (C=O) groups is 1. The zero-order chi connectivity index (χ0) is 15.4. The summed E-state index contributed by atoms with van der Waals surface area (Å²) in [5.41, 5.74) is 6.55. The Balaban J connectivity index is 2.30. The minimum absolute atomic E-state index is 0.249. The summed E-state index contributed by atoms with van der Waals surface area (Å²) in [6, 6.07) is 4.86. The van der Waals surface area contributed by atoms with E-state index in [4.69, 9.17) is 5.73 Å². The van der Waals surface area contributed by atoms with Crippen LogP contribution in [0.15, 0.2) is 30.6 Å². The quantitative estimate of drug-likeness (QED) is 0.853. The normalized spacial score (nSPS) is 11.0. The molecule has 0 radical (unpaired) electrons. The van der Waals surface area contributed by atoms with Gasteiger partial charge in [0, 0.05) is 12.7 Å². The minimum Gasteiger partial charge on any atom is -0.366 e. The van der Waals surface area contributed by atoms with E-state index in [0.29, 0.717) is 18.2 Å². The van der Waals surface area contributed by atoms with Crippen LogP contribution in [0.3, 0.4) is 0 Å². The second-order valence-electron chi connectivity index (χ2n) is 5.31. The van der Waals surface area contributed by atoms with E-state index >= 15 is 0 Å². The van der Waals surface area contributed by atoms with Crippen LogP contribution in [0.5, 0.6) is 0 Å². The van der Waals surface area contributed by atoms with Gasteiger partial charge in [-0.3, -0.25) is 4.79 Å². The van der Waals surface area contributed by atoms with Gasteiger partial charge in [0.2, 0.25) is 0 Å². The average molecular weight is 290 g/mol. The van der Waals surface area contributed by atoms with Gasteiger partial charge in [0.15, 0.2) is 0 Å². The molecule has 6 heteroatoms.